The predicted molar refractivity (Wildman–Crippen MR) is 61.6 cm³/mol. The lowest BCUT2D eigenvalue weighted by Crippen LogP contribution is -2.35. The van der Waals surface area contributed by atoms with Gasteiger partial charge in [0.1, 0.15) is 0 Å². The van der Waals surface area contributed by atoms with Crippen LogP contribution in [0.15, 0.2) is 0 Å². The van der Waals surface area contributed by atoms with E-state index in [-0.39, 0.29) is 31.0 Å². The van der Waals surface area contributed by atoms with Gasteiger partial charge in [-0.2, -0.15) is 0 Å². The molecule has 1 unspecified atom stereocenters. The molecule has 5 nitrogen and oxygen atoms in total. The molecule has 0 fully saturated rings. The van der Waals surface area contributed by atoms with E-state index in [2.05, 4.69) is 4.65 Å². The first-order valence-electron chi connectivity index (χ1n) is 5.48. The zero-order valence-electron chi connectivity index (χ0n) is 10.8. The number of ether oxygens (including phenoxy) is 2. The molecule has 0 heterocycles. The Bertz CT molecular complexity index is 179. The first-order valence-corrected chi connectivity index (χ1v) is 5.48. The van der Waals surface area contributed by atoms with Crippen LogP contribution in [0.25, 0.3) is 0 Å². The molecule has 0 saturated carbocycles. The topological polar surface area (TPSA) is 68.2 Å². The number of rotatable bonds is 7. The molecule has 0 aliphatic rings. The highest BCUT2D eigenvalue weighted by Crippen LogP contribution is 2.24. The SMILES string of the molecule is CC(C)OC(OCCOB(O)O)C(C)(C)C. The van der Waals surface area contributed by atoms with Crippen molar-refractivity contribution in [3.05, 3.63) is 0 Å². The largest absolute Gasteiger partial charge is 0.633 e. The van der Waals surface area contributed by atoms with Crippen molar-refractivity contribution in [3.63, 3.8) is 0 Å². The molecule has 2 N–H and O–H groups in total. The summed E-state index contributed by atoms with van der Waals surface area (Å²) in [6.07, 6.45) is -0.263. The Morgan fingerprint density at radius 1 is 1.12 bits per heavy atom. The normalized spacial score (nSPS) is 14.2. The fourth-order valence-electron chi connectivity index (χ4n) is 1.05. The molecule has 6 heteroatoms. The average Bonchev–Trinajstić information content (AvgIpc) is 2.07. The fraction of sp³-hybridized carbons (Fsp3) is 1.00. The maximum atomic E-state index is 8.47. The van der Waals surface area contributed by atoms with E-state index in [1.54, 1.807) is 0 Å². The van der Waals surface area contributed by atoms with Crippen LogP contribution < -0.4 is 0 Å². The molecule has 0 aromatic heterocycles. The van der Waals surface area contributed by atoms with E-state index in [0.717, 1.165) is 0 Å². The first kappa shape index (κ1) is 15.9. The van der Waals surface area contributed by atoms with E-state index in [9.17, 15) is 0 Å². The maximum Gasteiger partial charge on any atom is 0.633 e. The zero-order valence-corrected chi connectivity index (χ0v) is 10.8. The standard InChI is InChI=1S/C10H23BO5/c1-8(2)16-9(10(3,4)5)14-6-7-15-11(12)13/h8-9,12-13H,6-7H2,1-5H3. The Balaban J connectivity index is 3.94. The average molecular weight is 234 g/mol. The lowest BCUT2D eigenvalue weighted by molar-refractivity contribution is -0.214. The molecule has 0 bridgehead atoms. The summed E-state index contributed by atoms with van der Waals surface area (Å²) in [7, 11) is -1.75. The Hall–Kier alpha value is -0.135. The van der Waals surface area contributed by atoms with Crippen LogP contribution in [-0.2, 0) is 14.1 Å². The monoisotopic (exact) mass is 234 g/mol. The smallest absolute Gasteiger partial charge is 0.402 e. The molecule has 1 atom stereocenters. The van der Waals surface area contributed by atoms with Crippen molar-refractivity contribution in [1.29, 1.82) is 0 Å². The molecule has 0 aliphatic carbocycles. The van der Waals surface area contributed by atoms with Gasteiger partial charge in [0.2, 0.25) is 0 Å². The first-order chi connectivity index (χ1) is 7.23. The zero-order chi connectivity index (χ0) is 12.8. The summed E-state index contributed by atoms with van der Waals surface area (Å²) in [6.45, 7) is 10.3. The second-order valence-corrected chi connectivity index (χ2v) is 4.95. The van der Waals surface area contributed by atoms with Gasteiger partial charge in [-0.15, -0.1) is 0 Å². The predicted octanol–water partition coefficient (Wildman–Crippen LogP) is 0.786. The van der Waals surface area contributed by atoms with Crippen molar-refractivity contribution in [2.75, 3.05) is 13.2 Å². The lowest BCUT2D eigenvalue weighted by atomic mass is 9.96. The summed E-state index contributed by atoms with van der Waals surface area (Å²) in [6, 6.07) is 0. The molecular weight excluding hydrogens is 211 g/mol. The Morgan fingerprint density at radius 3 is 2.06 bits per heavy atom. The summed E-state index contributed by atoms with van der Waals surface area (Å²) >= 11 is 0. The van der Waals surface area contributed by atoms with Gasteiger partial charge in [-0.3, -0.25) is 0 Å². The highest BCUT2D eigenvalue weighted by atomic mass is 16.7. The van der Waals surface area contributed by atoms with Crippen LogP contribution in [0.4, 0.5) is 0 Å². The molecule has 0 rings (SSSR count). The third kappa shape index (κ3) is 8.07. The van der Waals surface area contributed by atoms with E-state index in [1.807, 2.05) is 34.6 Å². The van der Waals surface area contributed by atoms with Gasteiger partial charge in [0.25, 0.3) is 0 Å². The molecule has 0 aliphatic heterocycles. The van der Waals surface area contributed by atoms with E-state index in [0.29, 0.717) is 0 Å². The van der Waals surface area contributed by atoms with E-state index in [1.165, 1.54) is 0 Å². The lowest BCUT2D eigenvalue weighted by Gasteiger charge is -2.32. The molecule has 0 saturated heterocycles. The van der Waals surface area contributed by atoms with Gasteiger partial charge >= 0.3 is 7.32 Å². The fourth-order valence-corrected chi connectivity index (χ4v) is 1.05. The number of hydrogen-bond acceptors (Lipinski definition) is 5. The van der Waals surface area contributed by atoms with Crippen LogP contribution in [0.3, 0.4) is 0 Å². The summed E-state index contributed by atoms with van der Waals surface area (Å²) in [4.78, 5) is 0. The van der Waals surface area contributed by atoms with Gasteiger partial charge in [-0.1, -0.05) is 20.8 Å². The van der Waals surface area contributed by atoms with Gasteiger partial charge < -0.3 is 24.2 Å². The molecule has 0 amide bonds. The minimum absolute atomic E-state index is 0.0774. The molecule has 0 radical (unpaired) electrons. The Morgan fingerprint density at radius 2 is 1.69 bits per heavy atom. The van der Waals surface area contributed by atoms with Crippen LogP contribution >= 0.6 is 0 Å². The maximum absolute atomic E-state index is 8.47. The van der Waals surface area contributed by atoms with Gasteiger partial charge in [0.05, 0.1) is 19.3 Å². The number of hydrogen-bond donors (Lipinski definition) is 2. The van der Waals surface area contributed by atoms with Gasteiger partial charge in [-0.05, 0) is 13.8 Å². The summed E-state index contributed by atoms with van der Waals surface area (Å²) in [5.41, 5.74) is -0.137. The summed E-state index contributed by atoms with van der Waals surface area (Å²) in [5.74, 6) is 0. The van der Waals surface area contributed by atoms with E-state index < -0.39 is 7.32 Å². The van der Waals surface area contributed by atoms with Gasteiger partial charge in [0.15, 0.2) is 6.29 Å². The Kier molecular flexibility index (Phi) is 7.18. The van der Waals surface area contributed by atoms with Crippen molar-refractivity contribution < 1.29 is 24.2 Å². The van der Waals surface area contributed by atoms with Crippen LogP contribution in [-0.4, -0.2) is 43.0 Å². The molecule has 0 aromatic rings. The molecule has 0 aromatic carbocycles. The second kappa shape index (κ2) is 7.24. The van der Waals surface area contributed by atoms with Crippen LogP contribution in [0.5, 0.6) is 0 Å². The van der Waals surface area contributed by atoms with Crippen molar-refractivity contribution in [1.82, 2.24) is 0 Å². The van der Waals surface area contributed by atoms with Crippen LogP contribution in [0.2, 0.25) is 0 Å². The summed E-state index contributed by atoms with van der Waals surface area (Å²) in [5, 5.41) is 16.9. The highest BCUT2D eigenvalue weighted by molar-refractivity contribution is 6.32. The van der Waals surface area contributed by atoms with Crippen molar-refractivity contribution in [3.8, 4) is 0 Å². The molecule has 96 valence electrons. The second-order valence-electron chi connectivity index (χ2n) is 4.95. The molecule has 16 heavy (non-hydrogen) atoms. The van der Waals surface area contributed by atoms with Crippen LogP contribution in [0.1, 0.15) is 34.6 Å². The third-order valence-electron chi connectivity index (χ3n) is 1.72. The van der Waals surface area contributed by atoms with Crippen molar-refractivity contribution in [2.45, 2.75) is 47.0 Å². The van der Waals surface area contributed by atoms with Gasteiger partial charge in [-0.25, -0.2) is 0 Å². The molecule has 0 spiro atoms. The molecular formula is C10H23BO5. The quantitative estimate of drug-likeness (QED) is 0.387. The van der Waals surface area contributed by atoms with Gasteiger partial charge in [0, 0.05) is 5.41 Å². The van der Waals surface area contributed by atoms with Crippen LogP contribution in [0, 0.1) is 5.41 Å². The highest BCUT2D eigenvalue weighted by Gasteiger charge is 2.27. The minimum Gasteiger partial charge on any atom is -0.402 e. The minimum atomic E-state index is -1.75. The Labute approximate surface area is 97.9 Å². The van der Waals surface area contributed by atoms with E-state index >= 15 is 0 Å². The summed E-state index contributed by atoms with van der Waals surface area (Å²) < 4.78 is 15.7. The van der Waals surface area contributed by atoms with Crippen molar-refractivity contribution in [2.24, 2.45) is 5.41 Å². The van der Waals surface area contributed by atoms with Crippen molar-refractivity contribution >= 4 is 7.32 Å². The van der Waals surface area contributed by atoms with E-state index in [4.69, 9.17) is 19.5 Å². The third-order valence-corrected chi connectivity index (χ3v) is 1.72.